The lowest BCUT2D eigenvalue weighted by Crippen LogP contribution is -2.06. The van der Waals surface area contributed by atoms with E-state index < -0.39 is 0 Å². The molecule has 0 spiro atoms. The van der Waals surface area contributed by atoms with Crippen LogP contribution in [0.3, 0.4) is 0 Å². The summed E-state index contributed by atoms with van der Waals surface area (Å²) in [4.78, 5) is 11.7. The molecule has 2 aromatic rings. The summed E-state index contributed by atoms with van der Waals surface area (Å²) in [7, 11) is 0. The molecular formula is C19H19IO3. The van der Waals surface area contributed by atoms with Gasteiger partial charge in [0, 0.05) is 0 Å². The largest absolute Gasteiger partial charge is 0.488 e. The van der Waals surface area contributed by atoms with Crippen molar-refractivity contribution in [3.63, 3.8) is 0 Å². The maximum Gasteiger partial charge on any atom is 0.338 e. The van der Waals surface area contributed by atoms with Gasteiger partial charge in [0.2, 0.25) is 0 Å². The summed E-state index contributed by atoms with van der Waals surface area (Å²) in [6.45, 7) is 4.65. The number of halogens is 1. The average molecular weight is 422 g/mol. The Balaban J connectivity index is 2.07. The van der Waals surface area contributed by atoms with Crippen LogP contribution in [0.4, 0.5) is 0 Å². The topological polar surface area (TPSA) is 35.5 Å². The molecule has 0 saturated carbocycles. The van der Waals surface area contributed by atoms with E-state index in [-0.39, 0.29) is 5.97 Å². The third kappa shape index (κ3) is 4.82. The second kappa shape index (κ2) is 8.72. The summed E-state index contributed by atoms with van der Waals surface area (Å²) in [6.07, 6.45) is 2.05. The average Bonchev–Trinajstić information content (AvgIpc) is 2.57. The molecule has 0 N–H and O–H groups in total. The van der Waals surface area contributed by atoms with Gasteiger partial charge in [0.25, 0.3) is 0 Å². The summed E-state index contributed by atoms with van der Waals surface area (Å²) in [5.74, 6) is 0.448. The highest BCUT2D eigenvalue weighted by molar-refractivity contribution is 14.1. The summed E-state index contributed by atoms with van der Waals surface area (Å²) < 4.78 is 11.8. The monoisotopic (exact) mass is 422 g/mol. The number of benzene rings is 2. The second-order valence-electron chi connectivity index (χ2n) is 4.83. The minimum Gasteiger partial charge on any atom is -0.488 e. The van der Waals surface area contributed by atoms with Crippen LogP contribution >= 0.6 is 22.6 Å². The minimum absolute atomic E-state index is 0.310. The predicted octanol–water partition coefficient (Wildman–Crippen LogP) is 4.95. The Morgan fingerprint density at radius 1 is 1.13 bits per heavy atom. The van der Waals surface area contributed by atoms with E-state index in [2.05, 4.69) is 40.8 Å². The van der Waals surface area contributed by atoms with Gasteiger partial charge >= 0.3 is 5.97 Å². The first-order valence-electron chi connectivity index (χ1n) is 7.45. The van der Waals surface area contributed by atoms with Gasteiger partial charge in [0.15, 0.2) is 0 Å². The zero-order chi connectivity index (χ0) is 16.7. The van der Waals surface area contributed by atoms with Gasteiger partial charge in [-0.05, 0) is 65.8 Å². The maximum atomic E-state index is 11.7. The molecule has 0 atom stereocenters. The Hall–Kier alpha value is -1.82. The van der Waals surface area contributed by atoms with Crippen molar-refractivity contribution in [2.24, 2.45) is 0 Å². The Bertz CT molecular complexity index is 693. The van der Waals surface area contributed by atoms with Crippen LogP contribution in [-0.4, -0.2) is 19.2 Å². The summed E-state index contributed by atoms with van der Waals surface area (Å²) >= 11 is 2.17. The van der Waals surface area contributed by atoms with Crippen LogP contribution in [0.5, 0.6) is 5.75 Å². The standard InChI is InChI=1S/C19H19IO3/c1-3-14(15-8-6-5-7-9-15)13-23-18-11-10-16(12-17(18)20)19(21)22-4-2/h3,5-12H,4,13H2,1-2H3. The molecule has 0 heterocycles. The van der Waals surface area contributed by atoms with E-state index in [1.165, 1.54) is 0 Å². The van der Waals surface area contributed by atoms with Crippen molar-refractivity contribution in [2.75, 3.05) is 13.2 Å². The quantitative estimate of drug-likeness (QED) is 0.488. The van der Waals surface area contributed by atoms with Gasteiger partial charge in [0.1, 0.15) is 12.4 Å². The molecule has 0 fully saturated rings. The van der Waals surface area contributed by atoms with Crippen LogP contribution in [0.15, 0.2) is 54.6 Å². The Morgan fingerprint density at radius 2 is 1.87 bits per heavy atom. The van der Waals surface area contributed by atoms with Gasteiger partial charge < -0.3 is 9.47 Å². The van der Waals surface area contributed by atoms with Crippen LogP contribution in [0, 0.1) is 3.57 Å². The van der Waals surface area contributed by atoms with Crippen LogP contribution in [-0.2, 0) is 4.74 Å². The van der Waals surface area contributed by atoms with E-state index in [0.717, 1.165) is 20.5 Å². The summed E-state index contributed by atoms with van der Waals surface area (Å²) in [5, 5.41) is 0. The molecule has 0 bridgehead atoms. The molecule has 0 aliphatic carbocycles. The molecule has 120 valence electrons. The number of rotatable bonds is 6. The molecule has 0 aliphatic rings. The highest BCUT2D eigenvalue weighted by atomic mass is 127. The molecule has 0 aromatic heterocycles. The number of hydrogen-bond donors (Lipinski definition) is 0. The van der Waals surface area contributed by atoms with E-state index >= 15 is 0 Å². The molecule has 3 nitrogen and oxygen atoms in total. The lowest BCUT2D eigenvalue weighted by atomic mass is 10.1. The maximum absolute atomic E-state index is 11.7. The summed E-state index contributed by atoms with van der Waals surface area (Å²) in [6, 6.07) is 15.5. The number of esters is 1. The van der Waals surface area contributed by atoms with E-state index in [0.29, 0.717) is 18.8 Å². The Kier molecular flexibility index (Phi) is 6.65. The first-order chi connectivity index (χ1) is 11.2. The molecule has 0 aliphatic heterocycles. The van der Waals surface area contributed by atoms with Crippen molar-refractivity contribution in [3.05, 3.63) is 69.3 Å². The molecule has 23 heavy (non-hydrogen) atoms. The van der Waals surface area contributed by atoms with Crippen molar-refractivity contribution in [2.45, 2.75) is 13.8 Å². The van der Waals surface area contributed by atoms with Crippen LogP contribution in [0.2, 0.25) is 0 Å². The number of allylic oxidation sites excluding steroid dienone is 1. The van der Waals surface area contributed by atoms with Gasteiger partial charge in [-0.15, -0.1) is 0 Å². The lowest BCUT2D eigenvalue weighted by molar-refractivity contribution is 0.0526. The number of ether oxygens (including phenoxy) is 2. The first kappa shape index (κ1) is 17.5. The zero-order valence-corrected chi connectivity index (χ0v) is 15.4. The Labute approximate surface area is 150 Å². The third-order valence-corrected chi connectivity index (χ3v) is 4.16. The van der Waals surface area contributed by atoms with Crippen molar-refractivity contribution in [1.29, 1.82) is 0 Å². The van der Waals surface area contributed by atoms with Crippen LogP contribution in [0.1, 0.15) is 29.8 Å². The first-order valence-corrected chi connectivity index (χ1v) is 8.53. The van der Waals surface area contributed by atoms with E-state index in [9.17, 15) is 4.79 Å². The normalized spacial score (nSPS) is 11.2. The van der Waals surface area contributed by atoms with Crippen molar-refractivity contribution in [3.8, 4) is 5.75 Å². The molecule has 0 unspecified atom stereocenters. The predicted molar refractivity (Wildman–Crippen MR) is 101 cm³/mol. The lowest BCUT2D eigenvalue weighted by Gasteiger charge is -2.12. The van der Waals surface area contributed by atoms with Crippen molar-refractivity contribution in [1.82, 2.24) is 0 Å². The van der Waals surface area contributed by atoms with E-state index in [1.807, 2.05) is 31.2 Å². The minimum atomic E-state index is -0.310. The van der Waals surface area contributed by atoms with Crippen molar-refractivity contribution < 1.29 is 14.3 Å². The van der Waals surface area contributed by atoms with Gasteiger partial charge in [-0.2, -0.15) is 0 Å². The third-order valence-electron chi connectivity index (χ3n) is 3.32. The second-order valence-corrected chi connectivity index (χ2v) is 6.00. The highest BCUT2D eigenvalue weighted by Gasteiger charge is 2.10. The Morgan fingerprint density at radius 3 is 2.48 bits per heavy atom. The fraction of sp³-hybridized carbons (Fsp3) is 0.211. The van der Waals surface area contributed by atoms with E-state index in [4.69, 9.17) is 9.47 Å². The molecule has 0 amide bonds. The smallest absolute Gasteiger partial charge is 0.338 e. The van der Waals surface area contributed by atoms with Crippen LogP contribution in [0.25, 0.3) is 5.57 Å². The molecule has 0 saturated heterocycles. The molecule has 4 heteroatoms. The van der Waals surface area contributed by atoms with Gasteiger partial charge in [0.05, 0.1) is 15.7 Å². The van der Waals surface area contributed by atoms with Crippen LogP contribution < -0.4 is 4.74 Å². The van der Waals surface area contributed by atoms with Gasteiger partial charge in [-0.1, -0.05) is 36.4 Å². The molecule has 2 aromatic carbocycles. The molecule has 2 rings (SSSR count). The van der Waals surface area contributed by atoms with Gasteiger partial charge in [-0.3, -0.25) is 0 Å². The summed E-state index contributed by atoms with van der Waals surface area (Å²) in [5.41, 5.74) is 2.81. The van der Waals surface area contributed by atoms with Crippen molar-refractivity contribution >= 4 is 34.1 Å². The fourth-order valence-corrected chi connectivity index (χ4v) is 2.77. The SMILES string of the molecule is CC=C(COc1ccc(C(=O)OCC)cc1I)c1ccccc1. The van der Waals surface area contributed by atoms with E-state index in [1.54, 1.807) is 19.1 Å². The fourth-order valence-electron chi connectivity index (χ4n) is 2.10. The number of hydrogen-bond acceptors (Lipinski definition) is 3. The number of carbonyl (C=O) groups excluding carboxylic acids is 1. The van der Waals surface area contributed by atoms with Gasteiger partial charge in [-0.25, -0.2) is 4.79 Å². The number of carbonyl (C=O) groups is 1. The zero-order valence-electron chi connectivity index (χ0n) is 13.2. The highest BCUT2D eigenvalue weighted by Crippen LogP contribution is 2.24. The molecular weight excluding hydrogens is 403 g/mol. The molecule has 0 radical (unpaired) electrons.